The first-order valence-electron chi connectivity index (χ1n) is 9.05. The van der Waals surface area contributed by atoms with E-state index in [9.17, 15) is 14.4 Å². The van der Waals surface area contributed by atoms with Crippen molar-refractivity contribution in [2.45, 2.75) is 26.3 Å². The average Bonchev–Trinajstić information content (AvgIpc) is 3.22. The second-order valence-corrected chi connectivity index (χ2v) is 8.30. The Morgan fingerprint density at radius 3 is 2.48 bits per heavy atom. The fraction of sp³-hybridized carbons (Fsp3) is 0.238. The van der Waals surface area contributed by atoms with E-state index in [-0.39, 0.29) is 6.42 Å². The predicted molar refractivity (Wildman–Crippen MR) is 112 cm³/mol. The number of amides is 2. The van der Waals surface area contributed by atoms with Crippen LogP contribution in [0.5, 0.6) is 0 Å². The molecule has 0 aliphatic rings. The monoisotopic (exact) mass is 410 g/mol. The van der Waals surface area contributed by atoms with Gasteiger partial charge in [-0.05, 0) is 25.5 Å². The number of aryl methyl sites for hydroxylation is 3. The van der Waals surface area contributed by atoms with Crippen molar-refractivity contribution in [2.24, 2.45) is 12.8 Å². The third-order valence-electron chi connectivity index (χ3n) is 4.52. The van der Waals surface area contributed by atoms with Crippen LogP contribution in [0.3, 0.4) is 0 Å². The van der Waals surface area contributed by atoms with Crippen LogP contribution in [-0.2, 0) is 23.1 Å². The highest BCUT2D eigenvalue weighted by Gasteiger charge is 2.28. The number of aromatic nitrogens is 2. The average molecular weight is 410 g/mol. The van der Waals surface area contributed by atoms with Gasteiger partial charge in [-0.1, -0.05) is 30.3 Å². The topological polar surface area (TPSA) is 107 Å². The number of carbonyl (C=O) groups is 3. The number of hydrogen-bond donors (Lipinski definition) is 2. The summed E-state index contributed by atoms with van der Waals surface area (Å²) >= 11 is 1.62. The molecular formula is C21H22N4O3S. The molecule has 0 fully saturated rings. The van der Waals surface area contributed by atoms with Crippen molar-refractivity contribution < 1.29 is 14.4 Å². The third-order valence-corrected chi connectivity index (χ3v) is 5.48. The van der Waals surface area contributed by atoms with Crippen molar-refractivity contribution in [3.05, 3.63) is 63.5 Å². The van der Waals surface area contributed by atoms with E-state index in [1.165, 1.54) is 0 Å². The highest BCUT2D eigenvalue weighted by Crippen LogP contribution is 2.31. The van der Waals surface area contributed by atoms with Gasteiger partial charge in [-0.2, -0.15) is 5.10 Å². The predicted octanol–water partition coefficient (Wildman–Crippen LogP) is 2.16. The van der Waals surface area contributed by atoms with Gasteiger partial charge in [-0.15, -0.1) is 11.3 Å². The Balaban J connectivity index is 1.91. The zero-order valence-corrected chi connectivity index (χ0v) is 17.2. The van der Waals surface area contributed by atoms with Crippen LogP contribution in [-0.4, -0.2) is 33.4 Å². The molecule has 0 bridgehead atoms. The summed E-state index contributed by atoms with van der Waals surface area (Å²) in [5.74, 6) is -2.40. The molecule has 3 rings (SSSR count). The number of ketones is 1. The largest absolute Gasteiger partial charge is 0.363 e. The van der Waals surface area contributed by atoms with Crippen molar-refractivity contribution in [1.82, 2.24) is 15.1 Å². The molecule has 1 aromatic carbocycles. The van der Waals surface area contributed by atoms with E-state index in [0.717, 1.165) is 20.9 Å². The van der Waals surface area contributed by atoms with Gasteiger partial charge >= 0.3 is 0 Å². The van der Waals surface area contributed by atoms with E-state index in [2.05, 4.69) is 10.4 Å². The number of nitrogens with one attached hydrogen (secondary N) is 1. The maximum absolute atomic E-state index is 13.0. The molecule has 0 aliphatic carbocycles. The van der Waals surface area contributed by atoms with Gasteiger partial charge in [0, 0.05) is 35.0 Å². The van der Waals surface area contributed by atoms with Crippen molar-refractivity contribution in [3.63, 3.8) is 0 Å². The molecule has 2 heterocycles. The summed E-state index contributed by atoms with van der Waals surface area (Å²) in [5, 5.41) is 7.11. The van der Waals surface area contributed by atoms with Crippen molar-refractivity contribution in [2.75, 3.05) is 0 Å². The Morgan fingerprint density at radius 1 is 1.21 bits per heavy atom. The molecule has 2 aromatic heterocycles. The standard InChI is InChI=1S/C21H22N4O3S/c1-12-9-15(13(2)29-12)18-16(11-25(3)24-18)21(28)23-17(19(26)20(22)27)10-14-7-5-4-6-8-14/h4-9,11,17H,10H2,1-3H3,(H2,22,27)(H,23,28). The lowest BCUT2D eigenvalue weighted by Gasteiger charge is -2.16. The maximum atomic E-state index is 13.0. The van der Waals surface area contributed by atoms with Gasteiger partial charge in [0.15, 0.2) is 0 Å². The second kappa shape index (κ2) is 8.40. The summed E-state index contributed by atoms with van der Waals surface area (Å²) < 4.78 is 1.55. The van der Waals surface area contributed by atoms with Gasteiger partial charge < -0.3 is 11.1 Å². The van der Waals surface area contributed by atoms with Crippen LogP contribution in [0.2, 0.25) is 0 Å². The molecule has 0 saturated carbocycles. The van der Waals surface area contributed by atoms with Gasteiger partial charge in [-0.3, -0.25) is 19.1 Å². The van der Waals surface area contributed by atoms with E-state index in [0.29, 0.717) is 11.3 Å². The van der Waals surface area contributed by atoms with Crippen LogP contribution in [0.15, 0.2) is 42.6 Å². The molecule has 0 spiro atoms. The molecule has 0 radical (unpaired) electrons. The van der Waals surface area contributed by atoms with E-state index in [4.69, 9.17) is 5.73 Å². The highest BCUT2D eigenvalue weighted by atomic mass is 32.1. The van der Waals surface area contributed by atoms with Crippen LogP contribution < -0.4 is 11.1 Å². The third kappa shape index (κ3) is 4.60. The fourth-order valence-corrected chi connectivity index (χ4v) is 4.11. The normalized spacial score (nSPS) is 11.8. The molecule has 7 nitrogen and oxygen atoms in total. The van der Waals surface area contributed by atoms with Gasteiger partial charge in [0.2, 0.25) is 5.78 Å². The van der Waals surface area contributed by atoms with Crippen LogP contribution in [0.25, 0.3) is 11.3 Å². The number of hydrogen-bond acceptors (Lipinski definition) is 5. The lowest BCUT2D eigenvalue weighted by atomic mass is 10.0. The second-order valence-electron chi connectivity index (χ2n) is 6.84. The zero-order chi connectivity index (χ0) is 21.1. The van der Waals surface area contributed by atoms with Gasteiger partial charge in [0.05, 0.1) is 5.56 Å². The minimum absolute atomic E-state index is 0.167. The first kappa shape index (κ1) is 20.5. The maximum Gasteiger partial charge on any atom is 0.287 e. The molecule has 2 amide bonds. The quantitative estimate of drug-likeness (QED) is 0.582. The minimum Gasteiger partial charge on any atom is -0.363 e. The number of nitrogens with zero attached hydrogens (tertiary/aromatic N) is 2. The lowest BCUT2D eigenvalue weighted by molar-refractivity contribution is -0.137. The number of rotatable bonds is 7. The number of primary amides is 1. The van der Waals surface area contributed by atoms with E-state index < -0.39 is 23.6 Å². The van der Waals surface area contributed by atoms with Gasteiger partial charge in [0.1, 0.15) is 11.7 Å². The molecular weight excluding hydrogens is 388 g/mol. The molecule has 1 atom stereocenters. The van der Waals surface area contributed by atoms with Crippen LogP contribution in [0.4, 0.5) is 0 Å². The minimum atomic E-state index is -1.08. The van der Waals surface area contributed by atoms with Crippen molar-refractivity contribution in [3.8, 4) is 11.3 Å². The summed E-state index contributed by atoms with van der Waals surface area (Å²) in [6.45, 7) is 3.96. The molecule has 3 N–H and O–H groups in total. The zero-order valence-electron chi connectivity index (χ0n) is 16.4. The van der Waals surface area contributed by atoms with E-state index in [1.54, 1.807) is 29.3 Å². The van der Waals surface area contributed by atoms with Crippen LogP contribution in [0, 0.1) is 13.8 Å². The molecule has 3 aromatic rings. The number of thiophene rings is 1. The summed E-state index contributed by atoms with van der Waals surface area (Å²) in [4.78, 5) is 39.0. The van der Waals surface area contributed by atoms with E-state index >= 15 is 0 Å². The van der Waals surface area contributed by atoms with Crippen LogP contribution in [0.1, 0.15) is 25.7 Å². The van der Waals surface area contributed by atoms with Crippen molar-refractivity contribution >= 4 is 28.9 Å². The Hall–Kier alpha value is -3.26. The molecule has 29 heavy (non-hydrogen) atoms. The molecule has 150 valence electrons. The highest BCUT2D eigenvalue weighted by molar-refractivity contribution is 7.12. The Kier molecular flexibility index (Phi) is 5.93. The number of carbonyl (C=O) groups excluding carboxylic acids is 3. The Labute approximate surface area is 172 Å². The Bertz CT molecular complexity index is 1070. The fourth-order valence-electron chi connectivity index (χ4n) is 3.19. The molecule has 0 saturated heterocycles. The molecule has 1 unspecified atom stereocenters. The lowest BCUT2D eigenvalue weighted by Crippen LogP contribution is -2.47. The molecule has 0 aliphatic heterocycles. The first-order valence-corrected chi connectivity index (χ1v) is 9.87. The summed E-state index contributed by atoms with van der Waals surface area (Å²) in [5.41, 5.74) is 7.76. The van der Waals surface area contributed by atoms with Gasteiger partial charge in [-0.25, -0.2) is 0 Å². The summed E-state index contributed by atoms with van der Waals surface area (Å²) in [6.07, 6.45) is 1.77. The summed E-state index contributed by atoms with van der Waals surface area (Å²) in [7, 11) is 1.73. The number of benzene rings is 1. The van der Waals surface area contributed by atoms with Gasteiger partial charge in [0.25, 0.3) is 11.8 Å². The smallest absolute Gasteiger partial charge is 0.287 e. The number of nitrogens with two attached hydrogens (primary N) is 1. The van der Waals surface area contributed by atoms with E-state index in [1.807, 2.05) is 50.2 Å². The Morgan fingerprint density at radius 2 is 1.90 bits per heavy atom. The first-order chi connectivity index (χ1) is 13.8. The summed E-state index contributed by atoms with van der Waals surface area (Å²) in [6, 6.07) is 10.1. The van der Waals surface area contributed by atoms with Crippen molar-refractivity contribution in [1.29, 1.82) is 0 Å². The molecule has 8 heteroatoms. The number of Topliss-reactive ketones (excluding diaryl/α,β-unsaturated/α-hetero) is 1. The van der Waals surface area contributed by atoms with Crippen LogP contribution >= 0.6 is 11.3 Å². The SMILES string of the molecule is Cc1cc(-c2nn(C)cc2C(=O)NC(Cc2ccccc2)C(=O)C(N)=O)c(C)s1.